The van der Waals surface area contributed by atoms with Gasteiger partial charge in [0, 0.05) is 12.1 Å². The molecule has 0 aliphatic rings. The summed E-state index contributed by atoms with van der Waals surface area (Å²) >= 11 is 0. The van der Waals surface area contributed by atoms with Crippen molar-refractivity contribution in [2.24, 2.45) is 5.92 Å². The van der Waals surface area contributed by atoms with Gasteiger partial charge in [0.15, 0.2) is 0 Å². The van der Waals surface area contributed by atoms with Crippen LogP contribution in [0.1, 0.15) is 47.5 Å². The van der Waals surface area contributed by atoms with Gasteiger partial charge >= 0.3 is 0 Å². The van der Waals surface area contributed by atoms with E-state index in [2.05, 4.69) is 46.6 Å². The van der Waals surface area contributed by atoms with Gasteiger partial charge in [-0.05, 0) is 33.2 Å². The van der Waals surface area contributed by atoms with Gasteiger partial charge in [0.25, 0.3) is 0 Å². The molecule has 0 heterocycles. The summed E-state index contributed by atoms with van der Waals surface area (Å²) in [6.07, 6.45) is 2.53. The van der Waals surface area contributed by atoms with Crippen molar-refractivity contribution < 1.29 is 0 Å². The summed E-state index contributed by atoms with van der Waals surface area (Å²) in [5.41, 5.74) is 0. The standard InChI is InChI=1S/C11H25N/c1-7-9(3)11(5)12(6)10(4)8-2/h9-11H,7-8H2,1-6H3/t9?,10-,11-/m0/s1. The lowest BCUT2D eigenvalue weighted by atomic mass is 9.98. The highest BCUT2D eigenvalue weighted by atomic mass is 15.1. The van der Waals surface area contributed by atoms with Gasteiger partial charge in [-0.3, -0.25) is 0 Å². The van der Waals surface area contributed by atoms with Gasteiger partial charge in [0.1, 0.15) is 0 Å². The molecule has 0 rings (SSSR count). The molecule has 0 fully saturated rings. The number of hydrogen-bond donors (Lipinski definition) is 0. The van der Waals surface area contributed by atoms with Crippen LogP contribution < -0.4 is 0 Å². The van der Waals surface area contributed by atoms with E-state index in [0.29, 0.717) is 12.1 Å². The molecule has 0 N–H and O–H groups in total. The van der Waals surface area contributed by atoms with Gasteiger partial charge in [-0.25, -0.2) is 0 Å². The first-order chi connectivity index (χ1) is 5.54. The molecule has 3 atom stereocenters. The number of hydrogen-bond acceptors (Lipinski definition) is 1. The highest BCUT2D eigenvalue weighted by molar-refractivity contribution is 4.73. The lowest BCUT2D eigenvalue weighted by molar-refractivity contribution is 0.145. The maximum Gasteiger partial charge on any atom is 0.00922 e. The van der Waals surface area contributed by atoms with Crippen LogP contribution in [0.15, 0.2) is 0 Å². The molecule has 12 heavy (non-hydrogen) atoms. The average Bonchev–Trinajstić information content (AvgIpc) is 2.12. The first-order valence-electron chi connectivity index (χ1n) is 5.26. The van der Waals surface area contributed by atoms with Crippen molar-refractivity contribution in [1.82, 2.24) is 4.90 Å². The molecular formula is C11H25N. The number of rotatable bonds is 5. The van der Waals surface area contributed by atoms with Crippen LogP contribution in [-0.4, -0.2) is 24.0 Å². The van der Waals surface area contributed by atoms with Crippen LogP contribution >= 0.6 is 0 Å². The zero-order valence-corrected chi connectivity index (χ0v) is 9.59. The van der Waals surface area contributed by atoms with Crippen molar-refractivity contribution in [2.45, 2.75) is 59.5 Å². The summed E-state index contributed by atoms with van der Waals surface area (Å²) in [6.45, 7) is 11.5. The summed E-state index contributed by atoms with van der Waals surface area (Å²) in [5.74, 6) is 0.809. The molecule has 0 aromatic heterocycles. The van der Waals surface area contributed by atoms with E-state index < -0.39 is 0 Å². The summed E-state index contributed by atoms with van der Waals surface area (Å²) in [5, 5.41) is 0. The van der Waals surface area contributed by atoms with Crippen molar-refractivity contribution in [3.8, 4) is 0 Å². The first-order valence-corrected chi connectivity index (χ1v) is 5.26. The Balaban J connectivity index is 3.99. The first kappa shape index (κ1) is 12.0. The largest absolute Gasteiger partial charge is 0.301 e. The molecule has 0 spiro atoms. The fourth-order valence-electron chi connectivity index (χ4n) is 1.43. The van der Waals surface area contributed by atoms with Crippen molar-refractivity contribution in [3.63, 3.8) is 0 Å². The van der Waals surface area contributed by atoms with Crippen LogP contribution in [0.5, 0.6) is 0 Å². The molecule has 1 heteroatoms. The van der Waals surface area contributed by atoms with Gasteiger partial charge in [-0.15, -0.1) is 0 Å². The maximum absolute atomic E-state index is 2.49. The Kier molecular flexibility index (Phi) is 5.56. The van der Waals surface area contributed by atoms with E-state index in [1.807, 2.05) is 0 Å². The molecular weight excluding hydrogens is 146 g/mol. The predicted molar refractivity (Wildman–Crippen MR) is 56.4 cm³/mol. The second kappa shape index (κ2) is 5.58. The van der Waals surface area contributed by atoms with Crippen LogP contribution in [0.25, 0.3) is 0 Å². The zero-order chi connectivity index (χ0) is 9.72. The second-order valence-corrected chi connectivity index (χ2v) is 4.05. The zero-order valence-electron chi connectivity index (χ0n) is 9.59. The minimum absolute atomic E-state index is 0.713. The van der Waals surface area contributed by atoms with Crippen LogP contribution in [0.4, 0.5) is 0 Å². The molecule has 0 amide bonds. The SMILES string of the molecule is CCC(C)[C@H](C)N(C)[C@@H](C)CC. The summed E-state index contributed by atoms with van der Waals surface area (Å²) in [7, 11) is 2.24. The van der Waals surface area contributed by atoms with E-state index in [1.165, 1.54) is 12.8 Å². The van der Waals surface area contributed by atoms with E-state index in [1.54, 1.807) is 0 Å². The Morgan fingerprint density at radius 2 is 1.50 bits per heavy atom. The number of nitrogens with zero attached hydrogens (tertiary/aromatic N) is 1. The summed E-state index contributed by atoms with van der Waals surface area (Å²) in [4.78, 5) is 2.49. The predicted octanol–water partition coefficient (Wildman–Crippen LogP) is 3.15. The van der Waals surface area contributed by atoms with Crippen molar-refractivity contribution in [3.05, 3.63) is 0 Å². The Morgan fingerprint density at radius 3 is 1.83 bits per heavy atom. The Labute approximate surface area is 78.1 Å². The molecule has 0 saturated heterocycles. The van der Waals surface area contributed by atoms with Gasteiger partial charge in [0.2, 0.25) is 0 Å². The van der Waals surface area contributed by atoms with Gasteiger partial charge in [-0.2, -0.15) is 0 Å². The molecule has 0 aromatic carbocycles. The fourth-order valence-corrected chi connectivity index (χ4v) is 1.43. The molecule has 74 valence electrons. The molecule has 0 bridgehead atoms. The highest BCUT2D eigenvalue weighted by Crippen LogP contribution is 2.15. The van der Waals surface area contributed by atoms with E-state index in [4.69, 9.17) is 0 Å². The van der Waals surface area contributed by atoms with Crippen LogP contribution in [0.3, 0.4) is 0 Å². The van der Waals surface area contributed by atoms with Crippen LogP contribution in [0, 0.1) is 5.92 Å². The van der Waals surface area contributed by atoms with E-state index in [9.17, 15) is 0 Å². The minimum atomic E-state index is 0.713. The Morgan fingerprint density at radius 1 is 1.00 bits per heavy atom. The van der Waals surface area contributed by atoms with Gasteiger partial charge in [0.05, 0.1) is 0 Å². The highest BCUT2D eigenvalue weighted by Gasteiger charge is 2.18. The second-order valence-electron chi connectivity index (χ2n) is 4.05. The Hall–Kier alpha value is -0.0400. The molecule has 0 aliphatic heterocycles. The van der Waals surface area contributed by atoms with Crippen LogP contribution in [0.2, 0.25) is 0 Å². The normalized spacial score (nSPS) is 19.2. The monoisotopic (exact) mass is 171 g/mol. The molecule has 0 saturated carbocycles. The van der Waals surface area contributed by atoms with Gasteiger partial charge < -0.3 is 4.90 Å². The van der Waals surface area contributed by atoms with Crippen LogP contribution in [-0.2, 0) is 0 Å². The van der Waals surface area contributed by atoms with Crippen molar-refractivity contribution >= 4 is 0 Å². The molecule has 1 nitrogen and oxygen atoms in total. The average molecular weight is 171 g/mol. The molecule has 1 unspecified atom stereocenters. The smallest absolute Gasteiger partial charge is 0.00922 e. The Bertz CT molecular complexity index is 97.6. The van der Waals surface area contributed by atoms with E-state index >= 15 is 0 Å². The van der Waals surface area contributed by atoms with Crippen molar-refractivity contribution in [1.29, 1.82) is 0 Å². The minimum Gasteiger partial charge on any atom is -0.301 e. The maximum atomic E-state index is 2.49. The van der Waals surface area contributed by atoms with Crippen molar-refractivity contribution in [2.75, 3.05) is 7.05 Å². The third kappa shape index (κ3) is 3.14. The fraction of sp³-hybridized carbons (Fsp3) is 1.00. The quantitative estimate of drug-likeness (QED) is 0.614. The van der Waals surface area contributed by atoms with Gasteiger partial charge in [-0.1, -0.05) is 27.2 Å². The molecule has 0 aliphatic carbocycles. The third-order valence-corrected chi connectivity index (χ3v) is 3.40. The molecule has 0 aromatic rings. The topological polar surface area (TPSA) is 3.24 Å². The lowest BCUT2D eigenvalue weighted by Crippen LogP contribution is -2.40. The lowest BCUT2D eigenvalue weighted by Gasteiger charge is -2.33. The molecule has 0 radical (unpaired) electrons. The summed E-state index contributed by atoms with van der Waals surface area (Å²) < 4.78 is 0. The van der Waals surface area contributed by atoms with E-state index in [0.717, 1.165) is 5.92 Å². The third-order valence-electron chi connectivity index (χ3n) is 3.40. The van der Waals surface area contributed by atoms with E-state index in [-0.39, 0.29) is 0 Å². The summed E-state index contributed by atoms with van der Waals surface area (Å²) in [6, 6.07) is 1.43.